The standard InChI is InChI=1S/C21H30FN3O3/c1-14-12-25(13-17(14)23-20(27)28-21(2,3)4)19(26)15-7-8-18(16(22)11-15)24-9-5-6-10-24/h7-8,11,14,17H,5-6,9-10,12-13H2,1-4H3,(H,23,27)/t14-,17+/m0/s1. The van der Waals surface area contributed by atoms with E-state index in [4.69, 9.17) is 4.74 Å². The first-order chi connectivity index (χ1) is 13.1. The van der Waals surface area contributed by atoms with Crippen LogP contribution in [0.15, 0.2) is 18.2 Å². The van der Waals surface area contributed by atoms with Crippen LogP contribution < -0.4 is 10.2 Å². The van der Waals surface area contributed by atoms with E-state index in [1.165, 1.54) is 6.07 Å². The van der Waals surface area contributed by atoms with E-state index in [0.717, 1.165) is 25.9 Å². The van der Waals surface area contributed by atoms with Gasteiger partial charge in [0.1, 0.15) is 11.4 Å². The van der Waals surface area contributed by atoms with Crippen LogP contribution in [0.1, 0.15) is 50.9 Å². The molecule has 2 saturated heterocycles. The highest BCUT2D eigenvalue weighted by Crippen LogP contribution is 2.26. The number of alkyl carbamates (subject to hydrolysis) is 1. The highest BCUT2D eigenvalue weighted by molar-refractivity contribution is 5.95. The van der Waals surface area contributed by atoms with Gasteiger partial charge in [-0.05, 0) is 57.7 Å². The van der Waals surface area contributed by atoms with E-state index in [1.54, 1.807) is 37.8 Å². The maximum atomic E-state index is 14.5. The molecule has 0 spiro atoms. The van der Waals surface area contributed by atoms with E-state index in [9.17, 15) is 14.0 Å². The molecule has 1 aromatic carbocycles. The van der Waals surface area contributed by atoms with Gasteiger partial charge >= 0.3 is 6.09 Å². The molecular formula is C21H30FN3O3. The maximum absolute atomic E-state index is 14.5. The first-order valence-electron chi connectivity index (χ1n) is 9.97. The van der Waals surface area contributed by atoms with Gasteiger partial charge in [-0.15, -0.1) is 0 Å². The number of hydrogen-bond donors (Lipinski definition) is 1. The summed E-state index contributed by atoms with van der Waals surface area (Å²) in [4.78, 5) is 28.5. The molecule has 1 aromatic rings. The van der Waals surface area contributed by atoms with E-state index in [2.05, 4.69) is 5.32 Å². The first kappa shape index (κ1) is 20.4. The van der Waals surface area contributed by atoms with Gasteiger partial charge in [0.2, 0.25) is 0 Å². The zero-order chi connectivity index (χ0) is 20.5. The van der Waals surface area contributed by atoms with Gasteiger partial charge in [0.05, 0.1) is 11.7 Å². The van der Waals surface area contributed by atoms with Crippen molar-refractivity contribution in [2.75, 3.05) is 31.1 Å². The fourth-order valence-corrected chi connectivity index (χ4v) is 3.82. The Kier molecular flexibility index (Phi) is 5.82. The van der Waals surface area contributed by atoms with E-state index in [0.29, 0.717) is 24.3 Å². The molecule has 2 atom stereocenters. The number of rotatable bonds is 3. The first-order valence-corrected chi connectivity index (χ1v) is 9.97. The third-order valence-electron chi connectivity index (χ3n) is 5.24. The second-order valence-corrected chi connectivity index (χ2v) is 8.80. The fourth-order valence-electron chi connectivity index (χ4n) is 3.82. The molecule has 154 valence electrons. The number of halogens is 1. The van der Waals surface area contributed by atoms with Crippen molar-refractivity contribution in [3.63, 3.8) is 0 Å². The van der Waals surface area contributed by atoms with Gasteiger partial charge in [0, 0.05) is 31.7 Å². The zero-order valence-corrected chi connectivity index (χ0v) is 17.1. The van der Waals surface area contributed by atoms with Gasteiger partial charge in [-0.3, -0.25) is 4.79 Å². The van der Waals surface area contributed by atoms with Crippen LogP contribution >= 0.6 is 0 Å². The lowest BCUT2D eigenvalue weighted by Gasteiger charge is -2.23. The Balaban J connectivity index is 1.63. The minimum Gasteiger partial charge on any atom is -0.444 e. The van der Waals surface area contributed by atoms with Crippen LogP contribution in [0.4, 0.5) is 14.9 Å². The second kappa shape index (κ2) is 7.97. The number of carbonyl (C=O) groups excluding carboxylic acids is 2. The van der Waals surface area contributed by atoms with Crippen molar-refractivity contribution in [3.05, 3.63) is 29.6 Å². The Morgan fingerprint density at radius 3 is 2.46 bits per heavy atom. The lowest BCUT2D eigenvalue weighted by atomic mass is 10.1. The summed E-state index contributed by atoms with van der Waals surface area (Å²) in [6.07, 6.45) is 1.65. The topological polar surface area (TPSA) is 61.9 Å². The maximum Gasteiger partial charge on any atom is 0.407 e. The van der Waals surface area contributed by atoms with Crippen LogP contribution in [0.5, 0.6) is 0 Å². The molecule has 1 N–H and O–H groups in total. The average molecular weight is 391 g/mol. The van der Waals surface area contributed by atoms with Crippen molar-refractivity contribution in [1.29, 1.82) is 0 Å². The van der Waals surface area contributed by atoms with E-state index in [-0.39, 0.29) is 23.7 Å². The summed E-state index contributed by atoms with van der Waals surface area (Å²) in [7, 11) is 0. The number of ether oxygens (including phenoxy) is 1. The van der Waals surface area contributed by atoms with Crippen molar-refractivity contribution in [2.45, 2.75) is 52.2 Å². The minimum atomic E-state index is -0.573. The van der Waals surface area contributed by atoms with Crippen molar-refractivity contribution >= 4 is 17.7 Å². The number of benzene rings is 1. The molecule has 6 nitrogen and oxygen atoms in total. The number of nitrogens with zero attached hydrogens (tertiary/aromatic N) is 2. The Bertz CT molecular complexity index is 741. The van der Waals surface area contributed by atoms with Crippen molar-refractivity contribution in [2.24, 2.45) is 5.92 Å². The van der Waals surface area contributed by atoms with Gasteiger partial charge in [-0.1, -0.05) is 6.92 Å². The largest absolute Gasteiger partial charge is 0.444 e. The van der Waals surface area contributed by atoms with E-state index in [1.807, 2.05) is 11.8 Å². The van der Waals surface area contributed by atoms with Crippen LogP contribution in [0.3, 0.4) is 0 Å². The lowest BCUT2D eigenvalue weighted by molar-refractivity contribution is 0.0494. The second-order valence-electron chi connectivity index (χ2n) is 8.80. The molecular weight excluding hydrogens is 361 g/mol. The third kappa shape index (κ3) is 4.75. The summed E-state index contributed by atoms with van der Waals surface area (Å²) in [5, 5.41) is 2.84. The summed E-state index contributed by atoms with van der Waals surface area (Å²) in [5.74, 6) is -0.485. The monoisotopic (exact) mass is 391 g/mol. The Hall–Kier alpha value is -2.31. The van der Waals surface area contributed by atoms with Crippen LogP contribution in [0.2, 0.25) is 0 Å². The highest BCUT2D eigenvalue weighted by Gasteiger charge is 2.35. The number of nitrogens with one attached hydrogen (secondary N) is 1. The Morgan fingerprint density at radius 1 is 1.18 bits per heavy atom. The third-order valence-corrected chi connectivity index (χ3v) is 5.24. The molecule has 2 fully saturated rings. The van der Waals surface area contributed by atoms with Gasteiger partial charge in [0.15, 0.2) is 0 Å². The molecule has 0 aliphatic carbocycles. The highest BCUT2D eigenvalue weighted by atomic mass is 19.1. The molecule has 2 aliphatic rings. The zero-order valence-electron chi connectivity index (χ0n) is 17.1. The quantitative estimate of drug-likeness (QED) is 0.858. The summed E-state index contributed by atoms with van der Waals surface area (Å²) in [5.41, 5.74) is 0.328. The molecule has 0 radical (unpaired) electrons. The molecule has 0 bridgehead atoms. The van der Waals surface area contributed by atoms with Gasteiger partial charge in [0.25, 0.3) is 5.91 Å². The average Bonchev–Trinajstić information content (AvgIpc) is 3.23. The van der Waals surface area contributed by atoms with Crippen LogP contribution in [-0.2, 0) is 4.74 Å². The Morgan fingerprint density at radius 2 is 1.86 bits per heavy atom. The van der Waals surface area contributed by atoms with E-state index < -0.39 is 11.7 Å². The smallest absolute Gasteiger partial charge is 0.407 e. The van der Waals surface area contributed by atoms with Crippen LogP contribution in [0, 0.1) is 11.7 Å². The number of amides is 2. The molecule has 3 rings (SSSR count). The lowest BCUT2D eigenvalue weighted by Crippen LogP contribution is -2.43. The summed E-state index contributed by atoms with van der Waals surface area (Å²) < 4.78 is 19.8. The minimum absolute atomic E-state index is 0.0881. The number of anilines is 1. The number of hydrogen-bond acceptors (Lipinski definition) is 4. The van der Waals surface area contributed by atoms with Crippen LogP contribution in [0.25, 0.3) is 0 Å². The molecule has 7 heteroatoms. The molecule has 2 amide bonds. The normalized spacial score (nSPS) is 22.5. The summed E-state index contributed by atoms with van der Waals surface area (Å²) >= 11 is 0. The summed E-state index contributed by atoms with van der Waals surface area (Å²) in [6, 6.07) is 4.53. The molecule has 2 heterocycles. The molecule has 0 aromatic heterocycles. The molecule has 0 unspecified atom stereocenters. The summed E-state index contributed by atoms with van der Waals surface area (Å²) in [6.45, 7) is 10.00. The van der Waals surface area contributed by atoms with Gasteiger partial charge < -0.3 is 19.9 Å². The number of likely N-dealkylation sites (tertiary alicyclic amines) is 1. The molecule has 2 aliphatic heterocycles. The fraction of sp³-hybridized carbons (Fsp3) is 0.619. The van der Waals surface area contributed by atoms with Crippen LogP contribution in [-0.4, -0.2) is 54.7 Å². The predicted molar refractivity (Wildman–Crippen MR) is 106 cm³/mol. The van der Waals surface area contributed by atoms with E-state index >= 15 is 0 Å². The Labute approximate surface area is 166 Å². The number of carbonyl (C=O) groups is 2. The van der Waals surface area contributed by atoms with Crippen molar-refractivity contribution in [1.82, 2.24) is 10.2 Å². The van der Waals surface area contributed by atoms with Crippen molar-refractivity contribution in [3.8, 4) is 0 Å². The van der Waals surface area contributed by atoms with Gasteiger partial charge in [-0.25, -0.2) is 9.18 Å². The molecule has 0 saturated carbocycles. The molecule has 28 heavy (non-hydrogen) atoms. The predicted octanol–water partition coefficient (Wildman–Crippen LogP) is 3.41. The van der Waals surface area contributed by atoms with Crippen molar-refractivity contribution < 1.29 is 18.7 Å². The SMILES string of the molecule is C[C@H]1CN(C(=O)c2ccc(N3CCCC3)c(F)c2)C[C@H]1NC(=O)OC(C)(C)C. The van der Waals surface area contributed by atoms with Gasteiger partial charge in [-0.2, -0.15) is 0 Å².